The quantitative estimate of drug-likeness (QED) is 0.736. The first-order valence-corrected chi connectivity index (χ1v) is 10.9. The van der Waals surface area contributed by atoms with Gasteiger partial charge in [-0.25, -0.2) is 8.42 Å². The van der Waals surface area contributed by atoms with E-state index < -0.39 is 15.9 Å². The number of rotatable bonds is 7. The summed E-state index contributed by atoms with van der Waals surface area (Å²) in [5, 5.41) is 3.13. The van der Waals surface area contributed by atoms with E-state index in [1.54, 1.807) is 12.1 Å². The molecular formula is C20H25ClN2O4S. The fourth-order valence-electron chi connectivity index (χ4n) is 2.93. The average molecular weight is 425 g/mol. The zero-order valence-electron chi connectivity index (χ0n) is 16.6. The van der Waals surface area contributed by atoms with Crippen LogP contribution in [-0.4, -0.2) is 34.2 Å². The van der Waals surface area contributed by atoms with E-state index in [1.165, 1.54) is 13.2 Å². The molecule has 2 rings (SSSR count). The van der Waals surface area contributed by atoms with Gasteiger partial charge in [0.1, 0.15) is 12.3 Å². The third-order valence-electron chi connectivity index (χ3n) is 4.39. The number of amides is 1. The Morgan fingerprint density at radius 3 is 2.46 bits per heavy atom. The zero-order chi connectivity index (χ0) is 21.1. The fourth-order valence-corrected chi connectivity index (χ4v) is 4.03. The van der Waals surface area contributed by atoms with Gasteiger partial charge in [-0.15, -0.1) is 0 Å². The Morgan fingerprint density at radius 1 is 1.21 bits per heavy atom. The van der Waals surface area contributed by atoms with Crippen LogP contribution in [0.15, 0.2) is 36.4 Å². The summed E-state index contributed by atoms with van der Waals surface area (Å²) in [5.41, 5.74) is 3.43. The number of ether oxygens (including phenoxy) is 1. The van der Waals surface area contributed by atoms with Gasteiger partial charge in [0.2, 0.25) is 15.9 Å². The van der Waals surface area contributed by atoms with Gasteiger partial charge in [0.15, 0.2) is 0 Å². The molecule has 8 heteroatoms. The van der Waals surface area contributed by atoms with Crippen LogP contribution in [0, 0.1) is 13.8 Å². The Labute approximate surface area is 171 Å². The Bertz CT molecular complexity index is 976. The highest BCUT2D eigenvalue weighted by Gasteiger charge is 2.23. The van der Waals surface area contributed by atoms with E-state index >= 15 is 0 Å². The first-order valence-electron chi connectivity index (χ1n) is 8.70. The first-order chi connectivity index (χ1) is 13.0. The lowest BCUT2D eigenvalue weighted by Gasteiger charge is -2.24. The topological polar surface area (TPSA) is 75.7 Å². The van der Waals surface area contributed by atoms with E-state index in [9.17, 15) is 13.2 Å². The molecule has 0 fully saturated rings. The van der Waals surface area contributed by atoms with Gasteiger partial charge in [-0.2, -0.15) is 0 Å². The van der Waals surface area contributed by atoms with Gasteiger partial charge in [0.25, 0.3) is 0 Å². The molecule has 0 saturated carbocycles. The summed E-state index contributed by atoms with van der Waals surface area (Å²) >= 11 is 6.11. The molecule has 152 valence electrons. The average Bonchev–Trinajstić information content (AvgIpc) is 2.60. The Hall–Kier alpha value is -2.25. The maximum Gasteiger partial charge on any atom is 0.241 e. The number of methoxy groups -OCH3 is 1. The highest BCUT2D eigenvalue weighted by atomic mass is 35.5. The minimum Gasteiger partial charge on any atom is -0.495 e. The molecule has 0 aliphatic carbocycles. The van der Waals surface area contributed by atoms with E-state index in [-0.39, 0.29) is 17.6 Å². The van der Waals surface area contributed by atoms with Crippen LogP contribution in [0.1, 0.15) is 29.7 Å². The Kier molecular flexibility index (Phi) is 6.96. The second kappa shape index (κ2) is 8.84. The number of carbonyl (C=O) groups is 1. The highest BCUT2D eigenvalue weighted by Crippen LogP contribution is 2.30. The van der Waals surface area contributed by atoms with Crippen molar-refractivity contribution in [2.75, 3.05) is 24.2 Å². The summed E-state index contributed by atoms with van der Waals surface area (Å²) < 4.78 is 30.6. The van der Waals surface area contributed by atoms with Gasteiger partial charge in [-0.1, -0.05) is 35.4 Å². The van der Waals surface area contributed by atoms with Gasteiger partial charge in [-0.05, 0) is 50.1 Å². The van der Waals surface area contributed by atoms with Crippen LogP contribution in [0.2, 0.25) is 5.02 Å². The predicted molar refractivity (Wildman–Crippen MR) is 113 cm³/mol. The molecule has 0 radical (unpaired) electrons. The third-order valence-corrected chi connectivity index (χ3v) is 5.83. The van der Waals surface area contributed by atoms with Gasteiger partial charge in [-0.3, -0.25) is 9.10 Å². The number of halogens is 1. The summed E-state index contributed by atoms with van der Waals surface area (Å²) in [6.45, 7) is 5.47. The largest absolute Gasteiger partial charge is 0.495 e. The van der Waals surface area contributed by atoms with Crippen LogP contribution in [0.4, 0.5) is 5.69 Å². The summed E-state index contributed by atoms with van der Waals surface area (Å²) in [5.74, 6) is 0.0117. The molecule has 6 nitrogen and oxygen atoms in total. The van der Waals surface area contributed by atoms with Gasteiger partial charge >= 0.3 is 0 Å². The summed E-state index contributed by atoms with van der Waals surface area (Å²) in [7, 11) is -2.22. The van der Waals surface area contributed by atoms with Crippen molar-refractivity contribution >= 4 is 33.2 Å². The van der Waals surface area contributed by atoms with Crippen LogP contribution in [-0.2, 0) is 14.8 Å². The Balaban J connectivity index is 2.22. The number of aryl methyl sites for hydroxylation is 2. The van der Waals surface area contributed by atoms with Crippen molar-refractivity contribution in [3.8, 4) is 5.75 Å². The van der Waals surface area contributed by atoms with E-state index in [0.717, 1.165) is 27.3 Å². The number of nitrogens with one attached hydrogen (secondary N) is 1. The van der Waals surface area contributed by atoms with Crippen molar-refractivity contribution in [1.82, 2.24) is 5.32 Å². The maximum atomic E-state index is 12.6. The lowest BCUT2D eigenvalue weighted by molar-refractivity contribution is -0.120. The molecule has 2 aromatic carbocycles. The van der Waals surface area contributed by atoms with Gasteiger partial charge in [0, 0.05) is 0 Å². The molecule has 1 amide bonds. The number of anilines is 1. The lowest BCUT2D eigenvalue weighted by atomic mass is 10.00. The molecule has 1 N–H and O–H groups in total. The van der Waals surface area contributed by atoms with Crippen molar-refractivity contribution < 1.29 is 17.9 Å². The summed E-state index contributed by atoms with van der Waals surface area (Å²) in [4.78, 5) is 12.6. The second-order valence-electron chi connectivity index (χ2n) is 6.74. The van der Waals surface area contributed by atoms with Crippen LogP contribution >= 0.6 is 11.6 Å². The molecule has 0 bridgehead atoms. The summed E-state index contributed by atoms with van der Waals surface area (Å²) in [6, 6.07) is 10.3. The molecule has 0 heterocycles. The lowest BCUT2D eigenvalue weighted by Crippen LogP contribution is -2.41. The van der Waals surface area contributed by atoms with Crippen LogP contribution < -0.4 is 14.4 Å². The molecule has 0 aliphatic rings. The molecule has 0 unspecified atom stereocenters. The van der Waals surface area contributed by atoms with Crippen molar-refractivity contribution in [2.24, 2.45) is 0 Å². The molecule has 1 atom stereocenters. The van der Waals surface area contributed by atoms with E-state index in [2.05, 4.69) is 5.32 Å². The number of carbonyl (C=O) groups excluding carboxylic acids is 1. The van der Waals surface area contributed by atoms with Crippen molar-refractivity contribution in [3.05, 3.63) is 58.1 Å². The molecule has 0 aromatic heterocycles. The molecule has 0 saturated heterocycles. The number of sulfonamides is 1. The van der Waals surface area contributed by atoms with Gasteiger partial charge < -0.3 is 10.1 Å². The van der Waals surface area contributed by atoms with Crippen molar-refractivity contribution in [3.63, 3.8) is 0 Å². The molecule has 0 spiro atoms. The van der Waals surface area contributed by atoms with E-state index in [0.29, 0.717) is 11.4 Å². The minimum atomic E-state index is -3.69. The second-order valence-corrected chi connectivity index (χ2v) is 9.05. The molecule has 2 aromatic rings. The Morgan fingerprint density at radius 2 is 1.89 bits per heavy atom. The van der Waals surface area contributed by atoms with Crippen molar-refractivity contribution in [1.29, 1.82) is 0 Å². The first kappa shape index (κ1) is 22.0. The third kappa shape index (κ3) is 5.39. The minimum absolute atomic E-state index is 0.256. The SMILES string of the molecule is COc1ccc(N(CC(=O)N[C@H](C)c2cc(C)ccc2C)S(C)(=O)=O)cc1Cl. The smallest absolute Gasteiger partial charge is 0.241 e. The number of hydrogen-bond acceptors (Lipinski definition) is 4. The molecular weight excluding hydrogens is 400 g/mol. The fraction of sp³-hybridized carbons (Fsp3) is 0.350. The van der Waals surface area contributed by atoms with Crippen molar-refractivity contribution in [2.45, 2.75) is 26.8 Å². The van der Waals surface area contributed by atoms with Gasteiger partial charge in [0.05, 0.1) is 30.1 Å². The standard InChI is InChI=1S/C20H25ClN2O4S/c1-13-6-7-14(2)17(10-13)15(3)22-20(24)12-23(28(5,25)26)16-8-9-19(27-4)18(21)11-16/h6-11,15H,12H2,1-5H3,(H,22,24)/t15-/m1/s1. The van der Waals surface area contributed by atoms with Crippen LogP contribution in [0.5, 0.6) is 5.75 Å². The zero-order valence-corrected chi connectivity index (χ0v) is 18.2. The molecule has 0 aliphatic heterocycles. The monoisotopic (exact) mass is 424 g/mol. The summed E-state index contributed by atoms with van der Waals surface area (Å²) in [6.07, 6.45) is 1.05. The number of nitrogens with zero attached hydrogens (tertiary/aromatic N) is 1. The van der Waals surface area contributed by atoms with Crippen LogP contribution in [0.25, 0.3) is 0 Å². The molecule has 28 heavy (non-hydrogen) atoms. The predicted octanol–water partition coefficient (Wildman–Crippen LogP) is 3.61. The number of hydrogen-bond donors (Lipinski definition) is 1. The van der Waals surface area contributed by atoms with E-state index in [4.69, 9.17) is 16.3 Å². The number of benzene rings is 2. The van der Waals surface area contributed by atoms with E-state index in [1.807, 2.05) is 39.0 Å². The van der Waals surface area contributed by atoms with Crippen LogP contribution in [0.3, 0.4) is 0 Å². The normalized spacial score (nSPS) is 12.4. The maximum absolute atomic E-state index is 12.6. The highest BCUT2D eigenvalue weighted by molar-refractivity contribution is 7.92.